The molecule has 0 spiro atoms. The second-order valence-corrected chi connectivity index (χ2v) is 11.6. The van der Waals surface area contributed by atoms with Gasteiger partial charge in [-0.15, -0.1) is 0 Å². The molecule has 0 aromatic heterocycles. The van der Waals surface area contributed by atoms with Gasteiger partial charge in [-0.2, -0.15) is 0 Å². The first-order chi connectivity index (χ1) is 21.0. The molecule has 2 aromatic carbocycles. The predicted molar refractivity (Wildman–Crippen MR) is 168 cm³/mol. The maximum atomic E-state index is 13.4. The smallest absolute Gasteiger partial charge is 0.407 e. The second kappa shape index (κ2) is 19.2. The summed E-state index contributed by atoms with van der Waals surface area (Å²) in [6.45, 7) is 8.83. The predicted octanol–water partition coefficient (Wildman–Crippen LogP) is 3.66. The molecule has 2 aromatic rings. The molecule has 44 heavy (non-hydrogen) atoms. The maximum absolute atomic E-state index is 13.4. The number of amides is 3. The van der Waals surface area contributed by atoms with Gasteiger partial charge in [0.05, 0.1) is 12.6 Å². The highest BCUT2D eigenvalue weighted by Gasteiger charge is 2.30. The Kier molecular flexibility index (Phi) is 15.8. The van der Waals surface area contributed by atoms with E-state index in [1.807, 2.05) is 68.4 Å². The Bertz CT molecular complexity index is 1170. The first kappa shape index (κ1) is 36.1. The molecular formula is C33H48N4O7. The molecule has 11 nitrogen and oxygen atoms in total. The summed E-state index contributed by atoms with van der Waals surface area (Å²) in [5, 5.41) is 20.7. The van der Waals surface area contributed by atoms with Crippen LogP contribution in [0.15, 0.2) is 54.6 Å². The van der Waals surface area contributed by atoms with E-state index in [9.17, 15) is 24.3 Å². The standard InChI is InChI=1S/C33H48N4O7/c1-22(2)16-18-43-26-13-11-24(12-14-26)20-29(30(38)34-5)37-31(39)28(19-23(3)4)36-27(32(40)41)15-17-35-33(42)44-21-25-9-7-6-8-10-25/h6-14,22-23,27-29,36H,15-21H2,1-5H3,(H,34,38)(H,35,42)(H,37,39)(H,40,41)/t27-,28+,29+/m1/s1. The molecule has 3 amide bonds. The number of alkyl carbamates (subject to hydrolysis) is 1. The van der Waals surface area contributed by atoms with Crippen LogP contribution in [0.1, 0.15) is 58.1 Å². The molecule has 0 fully saturated rings. The Labute approximate surface area is 260 Å². The highest BCUT2D eigenvalue weighted by Crippen LogP contribution is 2.15. The molecular weight excluding hydrogens is 564 g/mol. The van der Waals surface area contributed by atoms with Gasteiger partial charge < -0.3 is 30.5 Å². The van der Waals surface area contributed by atoms with Crippen LogP contribution in [0.5, 0.6) is 5.75 Å². The summed E-state index contributed by atoms with van der Waals surface area (Å²) in [7, 11) is 1.50. The lowest BCUT2D eigenvalue weighted by atomic mass is 10.00. The summed E-state index contributed by atoms with van der Waals surface area (Å²) < 4.78 is 10.9. The summed E-state index contributed by atoms with van der Waals surface area (Å²) in [4.78, 5) is 50.3. The number of carboxylic acids is 1. The molecule has 0 aliphatic rings. The van der Waals surface area contributed by atoms with Crippen molar-refractivity contribution < 1.29 is 33.8 Å². The quantitative estimate of drug-likeness (QED) is 0.161. The number of rotatable bonds is 19. The average molecular weight is 613 g/mol. The van der Waals surface area contributed by atoms with E-state index in [0.717, 1.165) is 23.3 Å². The molecule has 242 valence electrons. The van der Waals surface area contributed by atoms with Crippen molar-refractivity contribution in [3.63, 3.8) is 0 Å². The fourth-order valence-electron chi connectivity index (χ4n) is 4.36. The van der Waals surface area contributed by atoms with Crippen molar-refractivity contribution >= 4 is 23.9 Å². The van der Waals surface area contributed by atoms with Crippen molar-refractivity contribution in [2.45, 2.75) is 78.1 Å². The largest absolute Gasteiger partial charge is 0.494 e. The molecule has 11 heteroatoms. The molecule has 0 radical (unpaired) electrons. The number of likely N-dealkylation sites (N-methyl/N-ethyl adjacent to an activating group) is 1. The summed E-state index contributed by atoms with van der Waals surface area (Å²) in [6, 6.07) is 13.7. The third-order valence-corrected chi connectivity index (χ3v) is 6.85. The Morgan fingerprint density at radius 3 is 2.07 bits per heavy atom. The number of carbonyl (C=O) groups is 4. The normalized spacial score (nSPS) is 13.1. The molecule has 0 saturated carbocycles. The Morgan fingerprint density at radius 1 is 0.795 bits per heavy atom. The fourth-order valence-corrected chi connectivity index (χ4v) is 4.36. The first-order valence-electron chi connectivity index (χ1n) is 15.2. The van der Waals surface area contributed by atoms with Crippen molar-refractivity contribution in [1.82, 2.24) is 21.3 Å². The van der Waals surface area contributed by atoms with Gasteiger partial charge in [0, 0.05) is 20.0 Å². The van der Waals surface area contributed by atoms with Crippen LogP contribution in [0, 0.1) is 11.8 Å². The lowest BCUT2D eigenvalue weighted by Crippen LogP contribution is -2.56. The zero-order valence-corrected chi connectivity index (χ0v) is 26.4. The van der Waals surface area contributed by atoms with Gasteiger partial charge in [0.2, 0.25) is 11.8 Å². The van der Waals surface area contributed by atoms with Gasteiger partial charge in [0.15, 0.2) is 0 Å². The Morgan fingerprint density at radius 2 is 1.48 bits per heavy atom. The van der Waals surface area contributed by atoms with Crippen LogP contribution in [0.2, 0.25) is 0 Å². The van der Waals surface area contributed by atoms with Crippen LogP contribution in [0.25, 0.3) is 0 Å². The van der Waals surface area contributed by atoms with Crippen LogP contribution in [-0.4, -0.2) is 67.3 Å². The van der Waals surface area contributed by atoms with Gasteiger partial charge in [-0.3, -0.25) is 19.7 Å². The van der Waals surface area contributed by atoms with Gasteiger partial charge in [-0.1, -0.05) is 70.2 Å². The van der Waals surface area contributed by atoms with Crippen LogP contribution in [-0.2, 0) is 32.1 Å². The van der Waals surface area contributed by atoms with Gasteiger partial charge in [0.25, 0.3) is 0 Å². The van der Waals surface area contributed by atoms with Crippen LogP contribution in [0.3, 0.4) is 0 Å². The number of hydrogen-bond acceptors (Lipinski definition) is 7. The summed E-state index contributed by atoms with van der Waals surface area (Å²) >= 11 is 0. The Hall–Kier alpha value is -4.12. The lowest BCUT2D eigenvalue weighted by Gasteiger charge is -2.26. The topological polar surface area (TPSA) is 155 Å². The number of nitrogens with one attached hydrogen (secondary N) is 4. The zero-order valence-electron chi connectivity index (χ0n) is 26.4. The van der Waals surface area contributed by atoms with Gasteiger partial charge in [0.1, 0.15) is 24.4 Å². The minimum Gasteiger partial charge on any atom is -0.494 e. The molecule has 0 bridgehead atoms. The van der Waals surface area contributed by atoms with E-state index in [2.05, 4.69) is 35.1 Å². The number of benzene rings is 2. The lowest BCUT2D eigenvalue weighted by molar-refractivity contribution is -0.140. The summed E-state index contributed by atoms with van der Waals surface area (Å²) in [5.41, 5.74) is 1.66. The van der Waals surface area contributed by atoms with Crippen LogP contribution in [0.4, 0.5) is 4.79 Å². The van der Waals surface area contributed by atoms with Crippen LogP contribution >= 0.6 is 0 Å². The first-order valence-corrected chi connectivity index (χ1v) is 15.2. The molecule has 0 aliphatic heterocycles. The molecule has 0 heterocycles. The highest BCUT2D eigenvalue weighted by molar-refractivity contribution is 5.90. The van der Waals surface area contributed by atoms with E-state index in [1.165, 1.54) is 7.05 Å². The van der Waals surface area contributed by atoms with E-state index in [0.29, 0.717) is 18.9 Å². The SMILES string of the molecule is CNC(=O)[C@H](Cc1ccc(OCCC(C)C)cc1)NC(=O)[C@H](CC(C)C)N[C@H](CCNC(=O)OCc1ccccc1)C(=O)O. The third-order valence-electron chi connectivity index (χ3n) is 6.85. The van der Waals surface area contributed by atoms with E-state index in [1.54, 1.807) is 0 Å². The summed E-state index contributed by atoms with van der Waals surface area (Å²) in [6.07, 6.45) is 0.868. The molecule has 0 aliphatic carbocycles. The van der Waals surface area contributed by atoms with Gasteiger partial charge in [-0.25, -0.2) is 4.79 Å². The van der Waals surface area contributed by atoms with E-state index >= 15 is 0 Å². The zero-order chi connectivity index (χ0) is 32.5. The monoisotopic (exact) mass is 612 g/mol. The van der Waals surface area contributed by atoms with Gasteiger partial charge >= 0.3 is 12.1 Å². The maximum Gasteiger partial charge on any atom is 0.407 e. The molecule has 0 saturated heterocycles. The second-order valence-electron chi connectivity index (χ2n) is 11.6. The third kappa shape index (κ3) is 13.9. The van der Waals surface area contributed by atoms with Gasteiger partial charge in [-0.05, 0) is 54.4 Å². The van der Waals surface area contributed by atoms with E-state index in [-0.39, 0.29) is 37.8 Å². The van der Waals surface area contributed by atoms with Crippen molar-refractivity contribution in [3.05, 3.63) is 65.7 Å². The number of carbonyl (C=O) groups excluding carboxylic acids is 3. The highest BCUT2D eigenvalue weighted by atomic mass is 16.5. The number of ether oxygens (including phenoxy) is 2. The average Bonchev–Trinajstić information content (AvgIpc) is 2.99. The molecule has 3 atom stereocenters. The van der Waals surface area contributed by atoms with E-state index < -0.39 is 36.1 Å². The van der Waals surface area contributed by atoms with Crippen molar-refractivity contribution in [1.29, 1.82) is 0 Å². The number of hydrogen-bond donors (Lipinski definition) is 5. The van der Waals surface area contributed by atoms with Crippen LogP contribution < -0.4 is 26.0 Å². The van der Waals surface area contributed by atoms with E-state index in [4.69, 9.17) is 9.47 Å². The van der Waals surface area contributed by atoms with Crippen molar-refractivity contribution in [3.8, 4) is 5.75 Å². The molecule has 5 N–H and O–H groups in total. The Balaban J connectivity index is 1.99. The molecule has 2 rings (SSSR count). The number of carboxylic acid groups (broad SMARTS) is 1. The molecule has 0 unspecified atom stereocenters. The minimum absolute atomic E-state index is 0.0160. The fraction of sp³-hybridized carbons (Fsp3) is 0.515. The van der Waals surface area contributed by atoms with Crippen molar-refractivity contribution in [2.24, 2.45) is 11.8 Å². The minimum atomic E-state index is -1.16. The summed E-state index contributed by atoms with van der Waals surface area (Å²) in [5.74, 6) is -0.689. The van der Waals surface area contributed by atoms with Crippen molar-refractivity contribution in [2.75, 3.05) is 20.2 Å². The number of aliphatic carboxylic acids is 1.